The molecule has 1 N–H and O–H groups in total. The molecule has 0 aliphatic rings. The maximum absolute atomic E-state index is 6.07. The molecule has 0 heterocycles. The molecule has 0 saturated heterocycles. The maximum atomic E-state index is 6.07. The third-order valence-electron chi connectivity index (χ3n) is 2.72. The minimum atomic E-state index is 0.650. The molecule has 2 rings (SSSR count). The summed E-state index contributed by atoms with van der Waals surface area (Å²) in [6.07, 6.45) is 0. The Labute approximate surface area is 113 Å². The zero-order chi connectivity index (χ0) is 12.8. The van der Waals surface area contributed by atoms with Gasteiger partial charge in [-0.3, -0.25) is 0 Å². The van der Waals surface area contributed by atoms with Gasteiger partial charge in [0.2, 0.25) is 0 Å². The van der Waals surface area contributed by atoms with E-state index in [1.807, 2.05) is 36.4 Å². The molecule has 18 heavy (non-hydrogen) atoms. The molecule has 94 valence electrons. The zero-order valence-electron chi connectivity index (χ0n) is 10.3. The molecule has 2 aromatic rings. The molecule has 0 fully saturated rings. The number of nitrogens with one attached hydrogen (secondary N) is 1. The SMILES string of the molecule is COc1ccc(CNCc2ccccc2)cc1Cl. The molecule has 0 saturated carbocycles. The third kappa shape index (κ3) is 3.49. The van der Waals surface area contributed by atoms with E-state index in [1.165, 1.54) is 5.56 Å². The number of ether oxygens (including phenoxy) is 1. The molecule has 0 radical (unpaired) electrons. The van der Waals surface area contributed by atoms with E-state index in [0.717, 1.165) is 18.7 Å². The predicted octanol–water partition coefficient (Wildman–Crippen LogP) is 3.64. The molecule has 2 nitrogen and oxygen atoms in total. The van der Waals surface area contributed by atoms with Gasteiger partial charge < -0.3 is 10.1 Å². The van der Waals surface area contributed by atoms with Crippen molar-refractivity contribution in [2.45, 2.75) is 13.1 Å². The highest BCUT2D eigenvalue weighted by Gasteiger charge is 2.01. The van der Waals surface area contributed by atoms with Crippen LogP contribution in [0.2, 0.25) is 5.02 Å². The van der Waals surface area contributed by atoms with Crippen LogP contribution in [-0.4, -0.2) is 7.11 Å². The monoisotopic (exact) mass is 261 g/mol. The lowest BCUT2D eigenvalue weighted by molar-refractivity contribution is 0.415. The zero-order valence-corrected chi connectivity index (χ0v) is 11.1. The lowest BCUT2D eigenvalue weighted by Crippen LogP contribution is -2.12. The van der Waals surface area contributed by atoms with Crippen LogP contribution in [0.3, 0.4) is 0 Å². The molecule has 0 atom stereocenters. The van der Waals surface area contributed by atoms with E-state index in [1.54, 1.807) is 7.11 Å². The van der Waals surface area contributed by atoms with Crippen LogP contribution in [0.15, 0.2) is 48.5 Å². The highest BCUT2D eigenvalue weighted by atomic mass is 35.5. The Morgan fingerprint density at radius 1 is 1.00 bits per heavy atom. The number of hydrogen-bond donors (Lipinski definition) is 1. The quantitative estimate of drug-likeness (QED) is 0.887. The Balaban J connectivity index is 1.89. The van der Waals surface area contributed by atoms with E-state index in [2.05, 4.69) is 17.4 Å². The standard InChI is InChI=1S/C15H16ClNO/c1-18-15-8-7-13(9-14(15)16)11-17-10-12-5-3-2-4-6-12/h2-9,17H,10-11H2,1H3. The van der Waals surface area contributed by atoms with Crippen molar-refractivity contribution >= 4 is 11.6 Å². The average Bonchev–Trinajstić information content (AvgIpc) is 2.40. The first kappa shape index (κ1) is 12.9. The fourth-order valence-electron chi connectivity index (χ4n) is 1.77. The first-order valence-electron chi connectivity index (χ1n) is 5.86. The minimum absolute atomic E-state index is 0.650. The third-order valence-corrected chi connectivity index (χ3v) is 3.01. The largest absolute Gasteiger partial charge is 0.495 e. The van der Waals surface area contributed by atoms with E-state index < -0.39 is 0 Å². The lowest BCUT2D eigenvalue weighted by atomic mass is 10.2. The summed E-state index contributed by atoms with van der Waals surface area (Å²) in [7, 11) is 1.62. The van der Waals surface area contributed by atoms with Crippen molar-refractivity contribution in [1.82, 2.24) is 5.32 Å². The first-order chi connectivity index (χ1) is 8.79. The number of hydrogen-bond acceptors (Lipinski definition) is 2. The van der Waals surface area contributed by atoms with Crippen LogP contribution in [0.1, 0.15) is 11.1 Å². The summed E-state index contributed by atoms with van der Waals surface area (Å²) in [6, 6.07) is 16.2. The van der Waals surface area contributed by atoms with Crippen LogP contribution in [0.4, 0.5) is 0 Å². The summed E-state index contributed by atoms with van der Waals surface area (Å²) in [5.41, 5.74) is 2.42. The van der Waals surface area contributed by atoms with Gasteiger partial charge in [0.25, 0.3) is 0 Å². The van der Waals surface area contributed by atoms with Crippen LogP contribution in [0.25, 0.3) is 0 Å². The second-order valence-corrected chi connectivity index (χ2v) is 4.47. The van der Waals surface area contributed by atoms with Gasteiger partial charge in [-0.2, -0.15) is 0 Å². The Morgan fingerprint density at radius 3 is 2.39 bits per heavy atom. The number of rotatable bonds is 5. The van der Waals surface area contributed by atoms with Gasteiger partial charge in [-0.15, -0.1) is 0 Å². The Morgan fingerprint density at radius 2 is 1.72 bits per heavy atom. The van der Waals surface area contributed by atoms with Gasteiger partial charge in [0.05, 0.1) is 12.1 Å². The van der Waals surface area contributed by atoms with Crippen LogP contribution >= 0.6 is 11.6 Å². The van der Waals surface area contributed by atoms with Gasteiger partial charge in [-0.25, -0.2) is 0 Å². The number of methoxy groups -OCH3 is 1. The van der Waals surface area contributed by atoms with Crippen molar-refractivity contribution in [3.05, 3.63) is 64.7 Å². The van der Waals surface area contributed by atoms with Crippen molar-refractivity contribution in [2.24, 2.45) is 0 Å². The van der Waals surface area contributed by atoms with E-state index >= 15 is 0 Å². The molecule has 0 spiro atoms. The van der Waals surface area contributed by atoms with Crippen LogP contribution in [-0.2, 0) is 13.1 Å². The smallest absolute Gasteiger partial charge is 0.137 e. The number of benzene rings is 2. The van der Waals surface area contributed by atoms with E-state index in [4.69, 9.17) is 16.3 Å². The maximum Gasteiger partial charge on any atom is 0.137 e. The molecule has 0 aromatic heterocycles. The van der Waals surface area contributed by atoms with Crippen molar-refractivity contribution in [1.29, 1.82) is 0 Å². The van der Waals surface area contributed by atoms with Crippen molar-refractivity contribution < 1.29 is 4.74 Å². The van der Waals surface area contributed by atoms with Crippen molar-refractivity contribution in [3.63, 3.8) is 0 Å². The summed E-state index contributed by atoms with van der Waals surface area (Å²) >= 11 is 6.07. The molecular formula is C15H16ClNO. The van der Waals surface area contributed by atoms with Gasteiger partial charge in [0, 0.05) is 13.1 Å². The van der Waals surface area contributed by atoms with Gasteiger partial charge in [0.15, 0.2) is 0 Å². The minimum Gasteiger partial charge on any atom is -0.495 e. The van der Waals surface area contributed by atoms with E-state index in [9.17, 15) is 0 Å². The Bertz CT molecular complexity index is 499. The summed E-state index contributed by atoms with van der Waals surface area (Å²) in [6.45, 7) is 1.64. The van der Waals surface area contributed by atoms with Crippen LogP contribution in [0, 0.1) is 0 Å². The molecule has 0 aliphatic carbocycles. The molecule has 2 aromatic carbocycles. The summed E-state index contributed by atoms with van der Waals surface area (Å²) in [5, 5.41) is 4.03. The van der Waals surface area contributed by atoms with E-state index in [-0.39, 0.29) is 0 Å². The highest BCUT2D eigenvalue weighted by Crippen LogP contribution is 2.24. The molecule has 0 unspecified atom stereocenters. The van der Waals surface area contributed by atoms with Gasteiger partial charge in [0.1, 0.15) is 5.75 Å². The average molecular weight is 262 g/mol. The van der Waals surface area contributed by atoms with Crippen LogP contribution in [0.5, 0.6) is 5.75 Å². The summed E-state index contributed by atoms with van der Waals surface area (Å²) in [5.74, 6) is 0.712. The van der Waals surface area contributed by atoms with Gasteiger partial charge in [-0.1, -0.05) is 48.0 Å². The molecule has 3 heteroatoms. The van der Waals surface area contributed by atoms with Gasteiger partial charge >= 0.3 is 0 Å². The van der Waals surface area contributed by atoms with Crippen molar-refractivity contribution in [3.8, 4) is 5.75 Å². The molecule has 0 bridgehead atoms. The summed E-state index contributed by atoms with van der Waals surface area (Å²) < 4.78 is 5.12. The molecule has 0 amide bonds. The number of halogens is 1. The normalized spacial score (nSPS) is 10.3. The van der Waals surface area contributed by atoms with Crippen molar-refractivity contribution in [2.75, 3.05) is 7.11 Å². The predicted molar refractivity (Wildman–Crippen MR) is 75.0 cm³/mol. The summed E-state index contributed by atoms with van der Waals surface area (Å²) in [4.78, 5) is 0. The second-order valence-electron chi connectivity index (χ2n) is 4.06. The second kappa shape index (κ2) is 6.43. The Hall–Kier alpha value is -1.51. The molecular weight excluding hydrogens is 246 g/mol. The molecule has 0 aliphatic heterocycles. The highest BCUT2D eigenvalue weighted by molar-refractivity contribution is 6.32. The van der Waals surface area contributed by atoms with Crippen LogP contribution < -0.4 is 10.1 Å². The van der Waals surface area contributed by atoms with Gasteiger partial charge in [-0.05, 0) is 23.3 Å². The van der Waals surface area contributed by atoms with E-state index in [0.29, 0.717) is 10.8 Å². The fourth-order valence-corrected chi connectivity index (χ4v) is 2.05. The topological polar surface area (TPSA) is 21.3 Å². The first-order valence-corrected chi connectivity index (χ1v) is 6.24. The Kier molecular flexibility index (Phi) is 4.62. The lowest BCUT2D eigenvalue weighted by Gasteiger charge is -2.07. The fraction of sp³-hybridized carbons (Fsp3) is 0.200.